The van der Waals surface area contributed by atoms with Crippen LogP contribution >= 0.6 is 0 Å². The summed E-state index contributed by atoms with van der Waals surface area (Å²) in [4.78, 5) is 0. The van der Waals surface area contributed by atoms with E-state index in [-0.39, 0.29) is 0 Å². The Labute approximate surface area is 95.0 Å². The van der Waals surface area contributed by atoms with Crippen LogP contribution in [0, 0.1) is 17.8 Å². The zero-order valence-electron chi connectivity index (χ0n) is 10.5. The molecule has 0 spiro atoms. The maximum absolute atomic E-state index is 3.80. The molecule has 0 saturated heterocycles. The summed E-state index contributed by atoms with van der Waals surface area (Å²) in [5, 5.41) is 3.80. The zero-order chi connectivity index (χ0) is 10.7. The highest BCUT2D eigenvalue weighted by Crippen LogP contribution is 2.37. The Morgan fingerprint density at radius 3 is 2.60 bits per heavy atom. The second-order valence-corrected chi connectivity index (χ2v) is 5.86. The van der Waals surface area contributed by atoms with Crippen molar-refractivity contribution in [3.63, 3.8) is 0 Å². The molecule has 0 bridgehead atoms. The van der Waals surface area contributed by atoms with Crippen molar-refractivity contribution in [3.05, 3.63) is 0 Å². The van der Waals surface area contributed by atoms with Crippen LogP contribution in [0.25, 0.3) is 0 Å². The van der Waals surface area contributed by atoms with E-state index in [1.165, 1.54) is 51.5 Å². The van der Waals surface area contributed by atoms with Crippen LogP contribution < -0.4 is 5.32 Å². The van der Waals surface area contributed by atoms with Crippen molar-refractivity contribution in [2.24, 2.45) is 17.8 Å². The first kappa shape index (κ1) is 11.4. The molecule has 0 heterocycles. The van der Waals surface area contributed by atoms with Gasteiger partial charge in [-0.3, -0.25) is 0 Å². The third kappa shape index (κ3) is 3.48. The molecular formula is C14H27N. The molecule has 1 heteroatoms. The Kier molecular flexibility index (Phi) is 4.07. The molecule has 2 rings (SSSR count). The Morgan fingerprint density at radius 2 is 1.93 bits per heavy atom. The SMILES string of the molecule is CCC1CCCC(NCC2CC2C)CC1. The molecule has 0 radical (unpaired) electrons. The lowest BCUT2D eigenvalue weighted by atomic mass is 9.98. The maximum atomic E-state index is 3.80. The predicted molar refractivity (Wildman–Crippen MR) is 65.9 cm³/mol. The molecule has 15 heavy (non-hydrogen) atoms. The average Bonchev–Trinajstić information content (AvgIpc) is 2.97. The Bertz CT molecular complexity index is 190. The van der Waals surface area contributed by atoms with Crippen molar-refractivity contribution in [3.8, 4) is 0 Å². The normalized spacial score (nSPS) is 41.2. The lowest BCUT2D eigenvalue weighted by Crippen LogP contribution is -2.30. The van der Waals surface area contributed by atoms with Gasteiger partial charge in [-0.2, -0.15) is 0 Å². The second kappa shape index (κ2) is 5.34. The fourth-order valence-electron chi connectivity index (χ4n) is 2.99. The second-order valence-electron chi connectivity index (χ2n) is 5.86. The first-order valence-electron chi connectivity index (χ1n) is 7.03. The van der Waals surface area contributed by atoms with Crippen LogP contribution in [0.4, 0.5) is 0 Å². The van der Waals surface area contributed by atoms with Gasteiger partial charge < -0.3 is 5.32 Å². The quantitative estimate of drug-likeness (QED) is 0.698. The third-order valence-electron chi connectivity index (χ3n) is 4.61. The molecule has 2 aliphatic rings. The molecule has 0 aliphatic heterocycles. The topological polar surface area (TPSA) is 12.0 Å². The number of rotatable bonds is 4. The molecule has 2 fully saturated rings. The summed E-state index contributed by atoms with van der Waals surface area (Å²) in [6.07, 6.45) is 10.1. The third-order valence-corrected chi connectivity index (χ3v) is 4.61. The van der Waals surface area contributed by atoms with Crippen molar-refractivity contribution >= 4 is 0 Å². The minimum absolute atomic E-state index is 0.842. The first-order chi connectivity index (χ1) is 7.29. The zero-order valence-corrected chi connectivity index (χ0v) is 10.5. The lowest BCUT2D eigenvalue weighted by molar-refractivity contribution is 0.419. The Balaban J connectivity index is 1.64. The maximum Gasteiger partial charge on any atom is 0.00672 e. The summed E-state index contributed by atoms with van der Waals surface area (Å²) >= 11 is 0. The fourth-order valence-corrected chi connectivity index (χ4v) is 2.99. The highest BCUT2D eigenvalue weighted by molar-refractivity contribution is 4.85. The van der Waals surface area contributed by atoms with E-state index >= 15 is 0 Å². The fraction of sp³-hybridized carbons (Fsp3) is 1.00. The van der Waals surface area contributed by atoms with Gasteiger partial charge in [0.2, 0.25) is 0 Å². The van der Waals surface area contributed by atoms with Crippen molar-refractivity contribution in [2.75, 3.05) is 6.54 Å². The van der Waals surface area contributed by atoms with Gasteiger partial charge in [-0.05, 0) is 50.0 Å². The van der Waals surface area contributed by atoms with Crippen LogP contribution in [0.2, 0.25) is 0 Å². The highest BCUT2D eigenvalue weighted by atomic mass is 14.9. The molecule has 0 aromatic carbocycles. The summed E-state index contributed by atoms with van der Waals surface area (Å²) < 4.78 is 0. The minimum atomic E-state index is 0.842. The van der Waals surface area contributed by atoms with E-state index in [0.29, 0.717) is 0 Å². The first-order valence-corrected chi connectivity index (χ1v) is 7.03. The molecule has 1 N–H and O–H groups in total. The van der Waals surface area contributed by atoms with Gasteiger partial charge in [0, 0.05) is 6.04 Å². The Hall–Kier alpha value is -0.0400. The monoisotopic (exact) mass is 209 g/mol. The summed E-state index contributed by atoms with van der Waals surface area (Å²) in [5.41, 5.74) is 0. The van der Waals surface area contributed by atoms with E-state index in [1.54, 1.807) is 0 Å². The molecule has 4 atom stereocenters. The minimum Gasteiger partial charge on any atom is -0.314 e. The van der Waals surface area contributed by atoms with E-state index in [9.17, 15) is 0 Å². The van der Waals surface area contributed by atoms with Crippen LogP contribution in [-0.4, -0.2) is 12.6 Å². The smallest absolute Gasteiger partial charge is 0.00672 e. The van der Waals surface area contributed by atoms with Crippen molar-refractivity contribution in [1.29, 1.82) is 0 Å². The van der Waals surface area contributed by atoms with Gasteiger partial charge in [0.05, 0.1) is 0 Å². The van der Waals surface area contributed by atoms with Gasteiger partial charge >= 0.3 is 0 Å². The van der Waals surface area contributed by atoms with Crippen molar-refractivity contribution in [2.45, 2.75) is 64.8 Å². The molecule has 0 amide bonds. The number of hydrogen-bond donors (Lipinski definition) is 1. The van der Waals surface area contributed by atoms with Crippen molar-refractivity contribution in [1.82, 2.24) is 5.32 Å². The van der Waals surface area contributed by atoms with Crippen LogP contribution in [0.15, 0.2) is 0 Å². The van der Waals surface area contributed by atoms with Gasteiger partial charge in [-0.25, -0.2) is 0 Å². The molecule has 0 aromatic heterocycles. The lowest BCUT2D eigenvalue weighted by Gasteiger charge is -2.16. The number of nitrogens with one attached hydrogen (secondary N) is 1. The predicted octanol–water partition coefficient (Wildman–Crippen LogP) is 3.59. The van der Waals surface area contributed by atoms with E-state index in [0.717, 1.165) is 23.8 Å². The molecule has 2 aliphatic carbocycles. The summed E-state index contributed by atoms with van der Waals surface area (Å²) in [6, 6.07) is 0.842. The molecule has 1 nitrogen and oxygen atoms in total. The van der Waals surface area contributed by atoms with Crippen LogP contribution in [0.3, 0.4) is 0 Å². The summed E-state index contributed by atoms with van der Waals surface area (Å²) in [6.45, 7) is 6.03. The van der Waals surface area contributed by atoms with Crippen LogP contribution in [0.5, 0.6) is 0 Å². The van der Waals surface area contributed by atoms with Gasteiger partial charge in [-0.1, -0.05) is 33.1 Å². The van der Waals surface area contributed by atoms with Crippen LogP contribution in [0.1, 0.15) is 58.8 Å². The number of hydrogen-bond acceptors (Lipinski definition) is 1. The molecule has 2 saturated carbocycles. The summed E-state index contributed by atoms with van der Waals surface area (Å²) in [7, 11) is 0. The van der Waals surface area contributed by atoms with Crippen LogP contribution in [-0.2, 0) is 0 Å². The van der Waals surface area contributed by atoms with E-state index in [1.807, 2.05) is 0 Å². The highest BCUT2D eigenvalue weighted by Gasteiger charge is 2.32. The molecule has 0 aromatic rings. The van der Waals surface area contributed by atoms with E-state index in [2.05, 4.69) is 19.2 Å². The van der Waals surface area contributed by atoms with Crippen molar-refractivity contribution < 1.29 is 0 Å². The van der Waals surface area contributed by atoms with Gasteiger partial charge in [0.25, 0.3) is 0 Å². The average molecular weight is 209 g/mol. The largest absolute Gasteiger partial charge is 0.314 e. The summed E-state index contributed by atoms with van der Waals surface area (Å²) in [5.74, 6) is 3.04. The standard InChI is InChI=1S/C14H27N/c1-3-12-5-4-6-14(8-7-12)15-10-13-9-11(13)2/h11-15H,3-10H2,1-2H3. The van der Waals surface area contributed by atoms with Gasteiger partial charge in [0.15, 0.2) is 0 Å². The van der Waals surface area contributed by atoms with E-state index < -0.39 is 0 Å². The molecule has 4 unspecified atom stereocenters. The van der Waals surface area contributed by atoms with Gasteiger partial charge in [0.1, 0.15) is 0 Å². The van der Waals surface area contributed by atoms with E-state index in [4.69, 9.17) is 0 Å². The molecule has 88 valence electrons. The Morgan fingerprint density at radius 1 is 1.13 bits per heavy atom. The van der Waals surface area contributed by atoms with Gasteiger partial charge in [-0.15, -0.1) is 0 Å². The molecular weight excluding hydrogens is 182 g/mol.